The molecule has 8 heteroatoms. The van der Waals surface area contributed by atoms with Crippen molar-refractivity contribution in [2.75, 3.05) is 10.8 Å². The number of nitrogens with zero attached hydrogens (tertiary/aromatic N) is 2. The third kappa shape index (κ3) is 7.06. The summed E-state index contributed by atoms with van der Waals surface area (Å²) in [5.74, 6) is -0.630. The second-order valence-corrected chi connectivity index (χ2v) is 11.9. The number of anilines is 1. The lowest BCUT2D eigenvalue weighted by Crippen LogP contribution is -2.53. The Morgan fingerprint density at radius 1 is 0.923 bits per heavy atom. The maximum atomic E-state index is 14.1. The first-order valence-electron chi connectivity index (χ1n) is 13.6. The molecular weight excluding hydrogens is 510 g/mol. The fraction of sp³-hybridized carbons (Fsp3) is 0.355. The van der Waals surface area contributed by atoms with E-state index in [1.54, 1.807) is 36.4 Å². The van der Waals surface area contributed by atoms with Crippen LogP contribution in [0.3, 0.4) is 0 Å². The molecule has 1 fully saturated rings. The van der Waals surface area contributed by atoms with Crippen LogP contribution < -0.4 is 9.62 Å². The Balaban J connectivity index is 1.69. The zero-order valence-electron chi connectivity index (χ0n) is 22.6. The van der Waals surface area contributed by atoms with E-state index in [0.717, 1.165) is 41.1 Å². The van der Waals surface area contributed by atoms with Gasteiger partial charge >= 0.3 is 0 Å². The van der Waals surface area contributed by atoms with E-state index in [2.05, 4.69) is 5.32 Å². The molecule has 1 saturated carbocycles. The average molecular weight is 548 g/mol. The molecule has 1 unspecified atom stereocenters. The topological polar surface area (TPSA) is 86.8 Å². The van der Waals surface area contributed by atoms with Crippen LogP contribution in [0.5, 0.6) is 0 Å². The van der Waals surface area contributed by atoms with Gasteiger partial charge in [0.1, 0.15) is 12.6 Å². The van der Waals surface area contributed by atoms with Crippen molar-refractivity contribution in [2.24, 2.45) is 0 Å². The molecule has 0 saturated heterocycles. The van der Waals surface area contributed by atoms with Crippen LogP contribution in [-0.2, 0) is 26.2 Å². The first-order valence-corrected chi connectivity index (χ1v) is 15.0. The molecule has 0 bridgehead atoms. The quantitative estimate of drug-likeness (QED) is 0.364. The minimum absolute atomic E-state index is 0.0972. The molecule has 0 heterocycles. The number of rotatable bonds is 11. The van der Waals surface area contributed by atoms with E-state index in [1.807, 2.05) is 50.2 Å². The van der Waals surface area contributed by atoms with E-state index < -0.39 is 28.5 Å². The Bertz CT molecular complexity index is 1360. The normalized spacial score (nSPS) is 14.5. The van der Waals surface area contributed by atoms with E-state index >= 15 is 0 Å². The molecule has 0 aromatic heterocycles. The molecule has 1 aliphatic rings. The summed E-state index contributed by atoms with van der Waals surface area (Å²) < 4.78 is 28.8. The standard InChI is InChI=1S/C31H37N3O4S/c1-3-29(31(36)32-26-16-10-11-17-26)33(22-25-14-6-4-7-15-25)30(35)23-34(27-18-12-13-24(2)21-27)39(37,38)28-19-8-5-9-20-28/h4-9,12-15,18-21,26,29H,3,10-11,16-17,22-23H2,1-2H3,(H,32,36). The van der Waals surface area contributed by atoms with Crippen LogP contribution in [0.4, 0.5) is 5.69 Å². The Morgan fingerprint density at radius 3 is 2.18 bits per heavy atom. The number of hydrogen-bond acceptors (Lipinski definition) is 4. The van der Waals surface area contributed by atoms with Crippen LogP contribution in [0.25, 0.3) is 0 Å². The molecule has 39 heavy (non-hydrogen) atoms. The van der Waals surface area contributed by atoms with Gasteiger partial charge in [0.25, 0.3) is 10.0 Å². The first kappa shape index (κ1) is 28.4. The van der Waals surface area contributed by atoms with Gasteiger partial charge in [-0.15, -0.1) is 0 Å². The number of sulfonamides is 1. The molecule has 1 N–H and O–H groups in total. The fourth-order valence-electron chi connectivity index (χ4n) is 5.10. The van der Waals surface area contributed by atoms with Crippen molar-refractivity contribution >= 4 is 27.5 Å². The molecule has 7 nitrogen and oxygen atoms in total. The van der Waals surface area contributed by atoms with Crippen LogP contribution in [0, 0.1) is 6.92 Å². The second-order valence-electron chi connectivity index (χ2n) is 10.1. The smallest absolute Gasteiger partial charge is 0.264 e. The third-order valence-corrected chi connectivity index (χ3v) is 8.97. The first-order chi connectivity index (χ1) is 18.8. The Kier molecular flexibility index (Phi) is 9.41. The number of benzene rings is 3. The highest BCUT2D eigenvalue weighted by Crippen LogP contribution is 2.26. The zero-order valence-corrected chi connectivity index (χ0v) is 23.4. The lowest BCUT2D eigenvalue weighted by molar-refractivity contribution is -0.140. The van der Waals surface area contributed by atoms with Crippen molar-refractivity contribution in [3.8, 4) is 0 Å². The highest BCUT2D eigenvalue weighted by Gasteiger charge is 2.34. The van der Waals surface area contributed by atoms with Gasteiger partial charge in [-0.2, -0.15) is 0 Å². The van der Waals surface area contributed by atoms with Crippen molar-refractivity contribution in [3.05, 3.63) is 96.1 Å². The minimum atomic E-state index is -4.06. The summed E-state index contributed by atoms with van der Waals surface area (Å²) in [6.07, 6.45) is 4.44. The van der Waals surface area contributed by atoms with E-state index in [0.29, 0.717) is 12.1 Å². The van der Waals surface area contributed by atoms with Gasteiger partial charge in [-0.05, 0) is 61.6 Å². The Hall–Kier alpha value is -3.65. The number of nitrogens with one attached hydrogen (secondary N) is 1. The van der Waals surface area contributed by atoms with E-state index in [1.165, 1.54) is 17.0 Å². The van der Waals surface area contributed by atoms with Crippen LogP contribution in [0.2, 0.25) is 0 Å². The number of amides is 2. The van der Waals surface area contributed by atoms with Gasteiger partial charge in [0.15, 0.2) is 0 Å². The van der Waals surface area contributed by atoms with Gasteiger partial charge in [0.05, 0.1) is 10.6 Å². The average Bonchev–Trinajstić information content (AvgIpc) is 3.45. The molecule has 1 atom stereocenters. The Labute approximate surface area is 231 Å². The lowest BCUT2D eigenvalue weighted by atomic mass is 10.1. The van der Waals surface area contributed by atoms with Crippen molar-refractivity contribution in [1.82, 2.24) is 10.2 Å². The van der Waals surface area contributed by atoms with Crippen molar-refractivity contribution in [3.63, 3.8) is 0 Å². The van der Waals surface area contributed by atoms with Crippen molar-refractivity contribution < 1.29 is 18.0 Å². The van der Waals surface area contributed by atoms with Gasteiger partial charge < -0.3 is 10.2 Å². The van der Waals surface area contributed by atoms with Gasteiger partial charge in [-0.1, -0.05) is 80.4 Å². The summed E-state index contributed by atoms with van der Waals surface area (Å²) in [6.45, 7) is 3.52. The van der Waals surface area contributed by atoms with Gasteiger partial charge in [-0.25, -0.2) is 8.42 Å². The van der Waals surface area contributed by atoms with Crippen LogP contribution in [0.15, 0.2) is 89.8 Å². The molecule has 2 amide bonds. The highest BCUT2D eigenvalue weighted by molar-refractivity contribution is 7.92. The number of carbonyl (C=O) groups excluding carboxylic acids is 2. The van der Waals surface area contributed by atoms with Crippen LogP contribution in [0.1, 0.15) is 50.2 Å². The second kappa shape index (κ2) is 12.9. The van der Waals surface area contributed by atoms with Gasteiger partial charge in [-0.3, -0.25) is 13.9 Å². The number of carbonyl (C=O) groups is 2. The summed E-state index contributed by atoms with van der Waals surface area (Å²) in [5, 5.41) is 3.13. The van der Waals surface area contributed by atoms with Crippen molar-refractivity contribution in [2.45, 2.75) is 69.5 Å². The molecule has 3 aromatic rings. The van der Waals surface area contributed by atoms with E-state index in [-0.39, 0.29) is 23.4 Å². The Morgan fingerprint density at radius 2 is 1.56 bits per heavy atom. The van der Waals surface area contributed by atoms with Gasteiger partial charge in [0.2, 0.25) is 11.8 Å². The molecule has 1 aliphatic carbocycles. The van der Waals surface area contributed by atoms with Crippen LogP contribution >= 0.6 is 0 Å². The molecular formula is C31H37N3O4S. The van der Waals surface area contributed by atoms with E-state index in [4.69, 9.17) is 0 Å². The zero-order chi connectivity index (χ0) is 27.8. The predicted molar refractivity (Wildman–Crippen MR) is 154 cm³/mol. The van der Waals surface area contributed by atoms with Gasteiger partial charge in [0, 0.05) is 12.6 Å². The molecule has 3 aromatic carbocycles. The summed E-state index contributed by atoms with van der Waals surface area (Å²) in [7, 11) is -4.06. The summed E-state index contributed by atoms with van der Waals surface area (Å²) in [6, 6.07) is 24.1. The van der Waals surface area contributed by atoms with E-state index in [9.17, 15) is 18.0 Å². The third-order valence-electron chi connectivity index (χ3n) is 7.18. The minimum Gasteiger partial charge on any atom is -0.352 e. The highest BCUT2D eigenvalue weighted by atomic mass is 32.2. The van der Waals surface area contributed by atoms with Crippen molar-refractivity contribution in [1.29, 1.82) is 0 Å². The molecule has 0 aliphatic heterocycles. The summed E-state index contributed by atoms with van der Waals surface area (Å²) in [5.41, 5.74) is 2.14. The lowest BCUT2D eigenvalue weighted by Gasteiger charge is -2.33. The molecule has 0 radical (unpaired) electrons. The number of aryl methyl sites for hydroxylation is 1. The molecule has 0 spiro atoms. The number of hydrogen-bond donors (Lipinski definition) is 1. The predicted octanol–water partition coefficient (Wildman–Crippen LogP) is 5.06. The monoisotopic (exact) mass is 547 g/mol. The summed E-state index contributed by atoms with van der Waals surface area (Å²) >= 11 is 0. The maximum Gasteiger partial charge on any atom is 0.264 e. The SMILES string of the molecule is CCC(C(=O)NC1CCCC1)N(Cc1ccccc1)C(=O)CN(c1cccc(C)c1)S(=O)(=O)c1ccccc1. The molecule has 4 rings (SSSR count). The largest absolute Gasteiger partial charge is 0.352 e. The fourth-order valence-corrected chi connectivity index (χ4v) is 6.53. The summed E-state index contributed by atoms with van der Waals surface area (Å²) in [4.78, 5) is 29.2. The maximum absolute atomic E-state index is 14.1. The van der Waals surface area contributed by atoms with Crippen LogP contribution in [-0.4, -0.2) is 43.8 Å². The molecule has 206 valence electrons.